The van der Waals surface area contributed by atoms with E-state index in [9.17, 15) is 23.8 Å². The van der Waals surface area contributed by atoms with Crippen molar-refractivity contribution in [2.75, 3.05) is 11.4 Å². The summed E-state index contributed by atoms with van der Waals surface area (Å²) < 4.78 is 27.8. The first-order chi connectivity index (χ1) is 13.7. The number of rotatable bonds is 6. The van der Waals surface area contributed by atoms with Crippen molar-refractivity contribution in [3.05, 3.63) is 42.0 Å². The molecule has 1 spiro atoms. The second kappa shape index (κ2) is 8.15. The fourth-order valence-corrected chi connectivity index (χ4v) is 4.81. The number of alkyl halides is 2. The van der Waals surface area contributed by atoms with Crippen molar-refractivity contribution < 1.29 is 23.8 Å². The van der Waals surface area contributed by atoms with Gasteiger partial charge in [0, 0.05) is 12.2 Å². The van der Waals surface area contributed by atoms with E-state index in [4.69, 9.17) is 0 Å². The molecule has 1 aliphatic heterocycles. The van der Waals surface area contributed by atoms with E-state index in [1.165, 1.54) is 25.1 Å². The van der Waals surface area contributed by atoms with Crippen molar-refractivity contribution in [3.8, 4) is 0 Å². The summed E-state index contributed by atoms with van der Waals surface area (Å²) in [5, 5.41) is 20.6. The fraction of sp³-hybridized carbons (Fsp3) is 0.609. The van der Waals surface area contributed by atoms with E-state index < -0.39 is 23.0 Å². The Morgan fingerprint density at radius 2 is 1.79 bits per heavy atom. The summed E-state index contributed by atoms with van der Waals surface area (Å²) in [5.41, 5.74) is -0.298. The summed E-state index contributed by atoms with van der Waals surface area (Å²) >= 11 is 0. The molecule has 1 aromatic carbocycles. The Morgan fingerprint density at radius 3 is 2.34 bits per heavy atom. The molecular weight excluding hydrogens is 376 g/mol. The van der Waals surface area contributed by atoms with E-state index in [0.29, 0.717) is 44.0 Å². The minimum absolute atomic E-state index is 0.0589. The summed E-state index contributed by atoms with van der Waals surface area (Å²) in [4.78, 5) is 14.9. The third-order valence-corrected chi connectivity index (χ3v) is 6.64. The maximum Gasteiger partial charge on any atom is 0.295 e. The molecule has 2 aliphatic rings. The van der Waals surface area contributed by atoms with Crippen LogP contribution < -0.4 is 4.90 Å². The summed E-state index contributed by atoms with van der Waals surface area (Å²) in [6, 6.07) is 6.15. The van der Waals surface area contributed by atoms with Gasteiger partial charge >= 0.3 is 0 Å². The lowest BCUT2D eigenvalue weighted by atomic mass is 9.67. The molecule has 0 radical (unpaired) electrons. The largest absolute Gasteiger partial charge is 0.390 e. The first-order valence-corrected chi connectivity index (χ1v) is 10.5. The number of aliphatic hydroxyl groups excluding tert-OH is 1. The molecule has 1 aromatic rings. The zero-order chi connectivity index (χ0) is 21.3. The second-order valence-electron chi connectivity index (χ2n) is 8.63. The number of carbonyl (C=O) groups excluding carboxylic acids is 1. The fourth-order valence-electron chi connectivity index (χ4n) is 4.81. The Kier molecular flexibility index (Phi) is 6.16. The highest BCUT2D eigenvalue weighted by atomic mass is 19.3. The lowest BCUT2D eigenvalue weighted by Gasteiger charge is -2.41. The van der Waals surface area contributed by atoms with Gasteiger partial charge in [0.05, 0.1) is 11.0 Å². The van der Waals surface area contributed by atoms with Gasteiger partial charge in [0.15, 0.2) is 0 Å². The third-order valence-electron chi connectivity index (χ3n) is 6.64. The van der Waals surface area contributed by atoms with Gasteiger partial charge in [0.1, 0.15) is 6.10 Å². The number of anilines is 1. The average Bonchev–Trinajstić information content (AvgIpc) is 3.01. The van der Waals surface area contributed by atoms with E-state index in [2.05, 4.69) is 6.92 Å². The molecular formula is C23H31F2NO3. The van der Waals surface area contributed by atoms with Crippen LogP contribution in [0, 0.1) is 5.41 Å². The number of amides is 1. The third kappa shape index (κ3) is 4.24. The highest BCUT2D eigenvalue weighted by Crippen LogP contribution is 2.49. The quantitative estimate of drug-likeness (QED) is 0.669. The Morgan fingerprint density at radius 1 is 1.17 bits per heavy atom. The monoisotopic (exact) mass is 407 g/mol. The van der Waals surface area contributed by atoms with Gasteiger partial charge in [-0.05, 0) is 69.2 Å². The molecule has 0 bridgehead atoms. The first kappa shape index (κ1) is 21.9. The molecule has 160 valence electrons. The smallest absolute Gasteiger partial charge is 0.295 e. The van der Waals surface area contributed by atoms with Crippen LogP contribution in [-0.4, -0.2) is 34.2 Å². The number of halogens is 2. The topological polar surface area (TPSA) is 60.8 Å². The molecule has 1 saturated heterocycles. The molecule has 1 saturated carbocycles. The summed E-state index contributed by atoms with van der Waals surface area (Å²) in [6.07, 6.45) is 5.07. The van der Waals surface area contributed by atoms with E-state index in [0.717, 1.165) is 19.3 Å². The van der Waals surface area contributed by atoms with Crippen LogP contribution >= 0.6 is 0 Å². The summed E-state index contributed by atoms with van der Waals surface area (Å²) in [7, 11) is 0. The zero-order valence-electron chi connectivity index (χ0n) is 17.2. The van der Waals surface area contributed by atoms with Crippen LogP contribution in [0.5, 0.6) is 0 Å². The molecule has 2 N–H and O–H groups in total. The van der Waals surface area contributed by atoms with E-state index in [1.54, 1.807) is 17.0 Å². The normalized spacial score (nSPS) is 29.2. The van der Waals surface area contributed by atoms with E-state index in [1.807, 2.05) is 0 Å². The van der Waals surface area contributed by atoms with Crippen LogP contribution in [0.1, 0.15) is 70.5 Å². The molecule has 0 aromatic heterocycles. The van der Waals surface area contributed by atoms with Crippen LogP contribution in [-0.2, 0) is 4.79 Å². The average molecular weight is 408 g/mol. The van der Waals surface area contributed by atoms with Gasteiger partial charge < -0.3 is 15.1 Å². The van der Waals surface area contributed by atoms with Crippen LogP contribution in [0.25, 0.3) is 0 Å². The Balaban J connectivity index is 1.71. The first-order valence-electron chi connectivity index (χ1n) is 10.5. The molecule has 3 rings (SSSR count). The van der Waals surface area contributed by atoms with Crippen molar-refractivity contribution >= 4 is 11.6 Å². The van der Waals surface area contributed by atoms with E-state index >= 15 is 0 Å². The summed E-state index contributed by atoms with van der Waals surface area (Å²) in [6.45, 7) is 4.12. The number of aliphatic hydroxyl groups is 2. The van der Waals surface area contributed by atoms with Gasteiger partial charge in [0.25, 0.3) is 5.92 Å². The maximum absolute atomic E-state index is 13.9. The second-order valence-corrected chi connectivity index (χ2v) is 8.63. The number of hydrogen-bond acceptors (Lipinski definition) is 3. The molecule has 1 atom stereocenters. The molecule has 1 aliphatic carbocycles. The number of carbonyl (C=O) groups is 1. The van der Waals surface area contributed by atoms with Gasteiger partial charge in [0.2, 0.25) is 5.91 Å². The maximum atomic E-state index is 13.9. The highest BCUT2D eigenvalue weighted by Gasteiger charge is 2.51. The molecule has 2 fully saturated rings. The molecule has 6 heteroatoms. The van der Waals surface area contributed by atoms with Crippen molar-refractivity contribution in [1.29, 1.82) is 0 Å². The standard InChI is InChI=1S/C23H31F2NO3/c1-3-9-22(29)13-11-21(12-14-22)15-16-26(20(21)28)18-7-5-17(6-8-18)19(27)23(24,25)10-4-2/h4-8,10,19,27,29H,3,9,11-16H2,1-2H3. The van der Waals surface area contributed by atoms with Crippen molar-refractivity contribution in [1.82, 2.24) is 0 Å². The lowest BCUT2D eigenvalue weighted by Crippen LogP contribution is -2.43. The Bertz CT molecular complexity index is 752. The Labute approximate surface area is 171 Å². The van der Waals surface area contributed by atoms with Crippen LogP contribution in [0.4, 0.5) is 14.5 Å². The number of hydrogen-bond donors (Lipinski definition) is 2. The molecule has 29 heavy (non-hydrogen) atoms. The lowest BCUT2D eigenvalue weighted by molar-refractivity contribution is -0.130. The van der Waals surface area contributed by atoms with Crippen molar-refractivity contribution in [2.24, 2.45) is 5.41 Å². The number of allylic oxidation sites excluding steroid dienone is 1. The zero-order valence-corrected chi connectivity index (χ0v) is 17.2. The Hall–Kier alpha value is -1.79. The molecule has 4 nitrogen and oxygen atoms in total. The highest BCUT2D eigenvalue weighted by molar-refractivity contribution is 6.00. The number of benzene rings is 1. The van der Waals surface area contributed by atoms with Crippen LogP contribution in [0.3, 0.4) is 0 Å². The molecule has 1 unspecified atom stereocenters. The van der Waals surface area contributed by atoms with Crippen LogP contribution in [0.2, 0.25) is 0 Å². The summed E-state index contributed by atoms with van der Waals surface area (Å²) in [5.74, 6) is -3.29. The number of nitrogens with zero attached hydrogens (tertiary/aromatic N) is 1. The van der Waals surface area contributed by atoms with Crippen molar-refractivity contribution in [3.63, 3.8) is 0 Å². The van der Waals surface area contributed by atoms with Gasteiger partial charge in [-0.1, -0.05) is 31.6 Å². The minimum atomic E-state index is -3.35. The van der Waals surface area contributed by atoms with Crippen molar-refractivity contribution in [2.45, 2.75) is 76.4 Å². The van der Waals surface area contributed by atoms with E-state index in [-0.39, 0.29) is 11.5 Å². The van der Waals surface area contributed by atoms with Gasteiger partial charge in [-0.25, -0.2) is 0 Å². The minimum Gasteiger partial charge on any atom is -0.390 e. The SMILES string of the molecule is CC=CC(F)(F)C(O)c1ccc(N2CCC3(CCC(O)(CCC)CC3)C2=O)cc1. The van der Waals surface area contributed by atoms with Crippen LogP contribution in [0.15, 0.2) is 36.4 Å². The predicted molar refractivity (Wildman–Crippen MR) is 109 cm³/mol. The van der Waals surface area contributed by atoms with Gasteiger partial charge in [-0.2, -0.15) is 8.78 Å². The molecule has 1 amide bonds. The van der Waals surface area contributed by atoms with Gasteiger partial charge in [-0.15, -0.1) is 0 Å². The van der Waals surface area contributed by atoms with Gasteiger partial charge in [-0.3, -0.25) is 4.79 Å². The predicted octanol–water partition coefficient (Wildman–Crippen LogP) is 4.76. The molecule has 1 heterocycles.